The van der Waals surface area contributed by atoms with E-state index < -0.39 is 5.41 Å². The number of esters is 1. The van der Waals surface area contributed by atoms with Gasteiger partial charge in [-0.3, -0.25) is 9.69 Å². The smallest absolute Gasteiger partial charge is 0.312 e. The molecule has 3 rings (SSSR count). The number of carbonyl (C=O) groups is 1. The van der Waals surface area contributed by atoms with Gasteiger partial charge in [0.25, 0.3) is 0 Å². The molecule has 0 spiro atoms. The highest BCUT2D eigenvalue weighted by Crippen LogP contribution is 2.37. The highest BCUT2D eigenvalue weighted by Gasteiger charge is 2.42. The molecule has 0 unspecified atom stereocenters. The Hall–Kier alpha value is -1.85. The summed E-state index contributed by atoms with van der Waals surface area (Å²) in [4.78, 5) is 22.5. The fourth-order valence-electron chi connectivity index (χ4n) is 3.47. The molecule has 6 heteroatoms. The SMILES string of the molecule is CCOC(=O)C1(Cc2ccc(Cl)cc2)CCN(Cc2ncc[nH]2)CC1. The summed E-state index contributed by atoms with van der Waals surface area (Å²) in [6.07, 6.45) is 5.87. The standard InChI is InChI=1S/C19H24ClN3O2/c1-2-25-18(24)19(13-15-3-5-16(20)6-4-15)7-11-23(12-8-19)14-17-21-9-10-22-17/h3-6,9-10H,2,7-8,11-14H2,1H3,(H,21,22). The van der Waals surface area contributed by atoms with Gasteiger partial charge in [-0.05, 0) is 57.0 Å². The van der Waals surface area contributed by atoms with Gasteiger partial charge in [0, 0.05) is 17.4 Å². The van der Waals surface area contributed by atoms with Crippen molar-refractivity contribution < 1.29 is 9.53 Å². The number of likely N-dealkylation sites (tertiary alicyclic amines) is 1. The fourth-order valence-corrected chi connectivity index (χ4v) is 3.59. The minimum Gasteiger partial charge on any atom is -0.466 e. The summed E-state index contributed by atoms with van der Waals surface area (Å²) in [7, 11) is 0. The maximum Gasteiger partial charge on any atom is 0.312 e. The Morgan fingerprint density at radius 2 is 2.04 bits per heavy atom. The summed E-state index contributed by atoms with van der Waals surface area (Å²) in [5.74, 6) is 0.879. The van der Waals surface area contributed by atoms with Crippen LogP contribution in [-0.4, -0.2) is 40.5 Å². The zero-order valence-corrected chi connectivity index (χ0v) is 15.3. The van der Waals surface area contributed by atoms with Gasteiger partial charge in [-0.2, -0.15) is 0 Å². The number of piperidine rings is 1. The predicted molar refractivity (Wildman–Crippen MR) is 97.3 cm³/mol. The van der Waals surface area contributed by atoms with Gasteiger partial charge in [-0.1, -0.05) is 23.7 Å². The minimum absolute atomic E-state index is 0.0809. The van der Waals surface area contributed by atoms with E-state index in [-0.39, 0.29) is 5.97 Å². The molecule has 1 aromatic carbocycles. The first-order valence-electron chi connectivity index (χ1n) is 8.73. The molecule has 1 aliphatic heterocycles. The number of rotatable bonds is 6. The third kappa shape index (κ3) is 4.41. The topological polar surface area (TPSA) is 58.2 Å². The summed E-state index contributed by atoms with van der Waals surface area (Å²) in [6.45, 7) is 4.77. The van der Waals surface area contributed by atoms with Crippen LogP contribution in [0.5, 0.6) is 0 Å². The molecule has 0 bridgehead atoms. The van der Waals surface area contributed by atoms with Crippen LogP contribution in [0.4, 0.5) is 0 Å². The first-order chi connectivity index (χ1) is 12.1. The largest absolute Gasteiger partial charge is 0.466 e. The Bertz CT molecular complexity index is 677. The molecule has 2 aromatic rings. The van der Waals surface area contributed by atoms with Crippen LogP contribution < -0.4 is 0 Å². The maximum atomic E-state index is 12.7. The van der Waals surface area contributed by atoms with Crippen LogP contribution in [0.15, 0.2) is 36.7 Å². The lowest BCUT2D eigenvalue weighted by Crippen LogP contribution is -2.46. The Kier molecular flexibility index (Phi) is 5.76. The number of H-pyrrole nitrogens is 1. The molecule has 134 valence electrons. The lowest BCUT2D eigenvalue weighted by atomic mass is 9.73. The molecule has 0 amide bonds. The average Bonchev–Trinajstić information content (AvgIpc) is 3.12. The molecule has 0 saturated carbocycles. The van der Waals surface area contributed by atoms with E-state index in [1.165, 1.54) is 0 Å². The number of nitrogens with one attached hydrogen (secondary N) is 1. The van der Waals surface area contributed by atoms with Crippen LogP contribution in [0.1, 0.15) is 31.2 Å². The van der Waals surface area contributed by atoms with Gasteiger partial charge >= 0.3 is 5.97 Å². The van der Waals surface area contributed by atoms with Crippen LogP contribution in [0, 0.1) is 5.41 Å². The Balaban J connectivity index is 1.70. The van der Waals surface area contributed by atoms with Crippen LogP contribution in [0.3, 0.4) is 0 Å². The second-order valence-corrected chi connectivity index (χ2v) is 7.05. The van der Waals surface area contributed by atoms with E-state index in [1.807, 2.05) is 37.4 Å². The molecule has 1 N–H and O–H groups in total. The van der Waals surface area contributed by atoms with Gasteiger partial charge < -0.3 is 9.72 Å². The molecule has 2 heterocycles. The summed E-state index contributed by atoms with van der Waals surface area (Å²) >= 11 is 5.98. The minimum atomic E-state index is -0.455. The molecule has 0 radical (unpaired) electrons. The van der Waals surface area contributed by atoms with Crippen molar-refractivity contribution in [2.24, 2.45) is 5.41 Å². The molecule has 1 aliphatic rings. The quantitative estimate of drug-likeness (QED) is 0.800. The van der Waals surface area contributed by atoms with E-state index in [2.05, 4.69) is 14.9 Å². The van der Waals surface area contributed by atoms with Crippen LogP contribution in [0.25, 0.3) is 0 Å². The Labute approximate surface area is 153 Å². The highest BCUT2D eigenvalue weighted by atomic mass is 35.5. The van der Waals surface area contributed by atoms with E-state index in [9.17, 15) is 4.79 Å². The number of hydrogen-bond acceptors (Lipinski definition) is 4. The fraction of sp³-hybridized carbons (Fsp3) is 0.474. The summed E-state index contributed by atoms with van der Waals surface area (Å²) < 4.78 is 5.42. The molecule has 1 aromatic heterocycles. The lowest BCUT2D eigenvalue weighted by molar-refractivity contribution is -0.158. The van der Waals surface area contributed by atoms with Crippen LogP contribution in [-0.2, 0) is 22.5 Å². The molecule has 0 atom stereocenters. The van der Waals surface area contributed by atoms with Crippen LogP contribution in [0.2, 0.25) is 5.02 Å². The van der Waals surface area contributed by atoms with E-state index in [0.29, 0.717) is 18.1 Å². The number of benzene rings is 1. The van der Waals surface area contributed by atoms with Crippen molar-refractivity contribution in [3.63, 3.8) is 0 Å². The van der Waals surface area contributed by atoms with Gasteiger partial charge in [-0.15, -0.1) is 0 Å². The molecule has 1 saturated heterocycles. The lowest BCUT2D eigenvalue weighted by Gasteiger charge is -2.39. The van der Waals surface area contributed by atoms with Crippen molar-refractivity contribution in [2.75, 3.05) is 19.7 Å². The Morgan fingerprint density at radius 1 is 1.32 bits per heavy atom. The zero-order chi connectivity index (χ0) is 17.7. The molecular weight excluding hydrogens is 338 g/mol. The van der Waals surface area contributed by atoms with E-state index in [4.69, 9.17) is 16.3 Å². The number of carbonyl (C=O) groups excluding carboxylic acids is 1. The number of ether oxygens (including phenoxy) is 1. The van der Waals surface area contributed by atoms with Gasteiger partial charge in [0.2, 0.25) is 0 Å². The van der Waals surface area contributed by atoms with Gasteiger partial charge in [0.15, 0.2) is 0 Å². The van der Waals surface area contributed by atoms with E-state index in [0.717, 1.165) is 43.9 Å². The molecule has 5 nitrogen and oxygen atoms in total. The molecular formula is C19H24ClN3O2. The number of halogens is 1. The molecule has 1 fully saturated rings. The van der Waals surface area contributed by atoms with Crippen molar-refractivity contribution in [3.8, 4) is 0 Å². The van der Waals surface area contributed by atoms with Crippen molar-refractivity contribution in [1.29, 1.82) is 0 Å². The summed E-state index contributed by atoms with van der Waals surface area (Å²) in [6, 6.07) is 7.75. The summed E-state index contributed by atoms with van der Waals surface area (Å²) in [5.41, 5.74) is 0.667. The third-order valence-corrected chi connectivity index (χ3v) is 5.16. The van der Waals surface area contributed by atoms with Crippen molar-refractivity contribution in [3.05, 3.63) is 53.1 Å². The first kappa shape index (κ1) is 18.0. The number of hydrogen-bond donors (Lipinski definition) is 1. The van der Waals surface area contributed by atoms with Crippen molar-refractivity contribution in [2.45, 2.75) is 32.7 Å². The number of aromatic nitrogens is 2. The van der Waals surface area contributed by atoms with Crippen LogP contribution >= 0.6 is 11.6 Å². The van der Waals surface area contributed by atoms with E-state index >= 15 is 0 Å². The normalized spacial score (nSPS) is 17.4. The van der Waals surface area contributed by atoms with Gasteiger partial charge in [0.05, 0.1) is 18.6 Å². The second kappa shape index (κ2) is 8.02. The maximum absolute atomic E-state index is 12.7. The van der Waals surface area contributed by atoms with Gasteiger partial charge in [0.1, 0.15) is 5.82 Å². The average molecular weight is 362 g/mol. The monoisotopic (exact) mass is 361 g/mol. The molecule has 25 heavy (non-hydrogen) atoms. The van der Waals surface area contributed by atoms with Gasteiger partial charge in [-0.25, -0.2) is 4.98 Å². The molecule has 0 aliphatic carbocycles. The predicted octanol–water partition coefficient (Wildman–Crippen LogP) is 3.45. The third-order valence-electron chi connectivity index (χ3n) is 4.91. The van der Waals surface area contributed by atoms with E-state index in [1.54, 1.807) is 6.20 Å². The zero-order valence-electron chi connectivity index (χ0n) is 14.5. The number of imidazole rings is 1. The summed E-state index contributed by atoms with van der Waals surface area (Å²) in [5, 5.41) is 0.710. The number of nitrogens with zero attached hydrogens (tertiary/aromatic N) is 2. The second-order valence-electron chi connectivity index (χ2n) is 6.62. The highest BCUT2D eigenvalue weighted by molar-refractivity contribution is 6.30. The van der Waals surface area contributed by atoms with Crippen molar-refractivity contribution in [1.82, 2.24) is 14.9 Å². The van der Waals surface area contributed by atoms with Crippen molar-refractivity contribution >= 4 is 17.6 Å². The Morgan fingerprint density at radius 3 is 2.64 bits per heavy atom. The first-order valence-corrected chi connectivity index (χ1v) is 9.11. The number of aromatic amines is 1.